The molecule has 0 saturated carbocycles. The van der Waals surface area contributed by atoms with Crippen LogP contribution in [0.4, 0.5) is 0 Å². The Bertz CT molecular complexity index is 216. The molecule has 0 amide bonds. The molecule has 62 valence electrons. The maximum absolute atomic E-state index is 2.12. The summed E-state index contributed by atoms with van der Waals surface area (Å²) in [5.41, 5.74) is 2.60. The van der Waals surface area contributed by atoms with Crippen molar-refractivity contribution in [1.29, 1.82) is 0 Å². The highest BCUT2D eigenvalue weighted by Crippen LogP contribution is 1.92. The minimum absolute atomic E-state index is 1.29. The van der Waals surface area contributed by atoms with Crippen LogP contribution in [-0.4, -0.2) is 0 Å². The van der Waals surface area contributed by atoms with E-state index in [-0.39, 0.29) is 0 Å². The predicted octanol–water partition coefficient (Wildman–Crippen LogP) is 2.15. The quantitative estimate of drug-likeness (QED) is 0.501. The minimum atomic E-state index is 1.29. The van der Waals surface area contributed by atoms with E-state index in [1.165, 1.54) is 11.3 Å². The van der Waals surface area contributed by atoms with E-state index in [4.69, 9.17) is 0 Å². The van der Waals surface area contributed by atoms with E-state index in [2.05, 4.69) is 43.8 Å². The molecule has 1 heterocycles. The van der Waals surface area contributed by atoms with Crippen molar-refractivity contribution in [2.24, 2.45) is 7.05 Å². The van der Waals surface area contributed by atoms with Crippen LogP contribution < -0.4 is 4.57 Å². The van der Waals surface area contributed by atoms with Gasteiger partial charge in [0.2, 0.25) is 0 Å². The molecule has 0 radical (unpaired) electrons. The Kier molecular flexibility index (Phi) is 4.51. The molecule has 0 aliphatic rings. The van der Waals surface area contributed by atoms with Crippen LogP contribution in [0.5, 0.6) is 0 Å². The monoisotopic (exact) mass is 152 g/mol. The molecule has 0 unspecified atom stereocenters. The lowest BCUT2D eigenvalue weighted by Gasteiger charge is -1.92. The Morgan fingerprint density at radius 2 is 1.64 bits per heavy atom. The number of hydrogen-bond donors (Lipinski definition) is 0. The Balaban J connectivity index is 0.000000461. The van der Waals surface area contributed by atoms with Crippen LogP contribution in [-0.2, 0) is 7.05 Å². The maximum Gasteiger partial charge on any atom is 0.177 e. The van der Waals surface area contributed by atoms with Gasteiger partial charge in [0.05, 0.1) is 0 Å². The van der Waals surface area contributed by atoms with Crippen molar-refractivity contribution in [3.63, 3.8) is 0 Å². The van der Waals surface area contributed by atoms with Crippen molar-refractivity contribution < 1.29 is 4.57 Å². The summed E-state index contributed by atoms with van der Waals surface area (Å²) in [5, 5.41) is 0. The maximum atomic E-state index is 2.12. The van der Waals surface area contributed by atoms with E-state index in [1.54, 1.807) is 0 Å². The first-order valence-electron chi connectivity index (χ1n) is 4.13. The van der Waals surface area contributed by atoms with Crippen LogP contribution >= 0.6 is 0 Å². The average Bonchev–Trinajstić information content (AvgIpc) is 2.02. The third-order valence-corrected chi connectivity index (χ3v) is 1.54. The lowest BCUT2D eigenvalue weighted by atomic mass is 10.3. The fraction of sp³-hybridized carbons (Fsp3) is 0.500. The molecule has 11 heavy (non-hydrogen) atoms. The van der Waals surface area contributed by atoms with E-state index in [1.807, 2.05) is 13.8 Å². The molecule has 1 heteroatoms. The summed E-state index contributed by atoms with van der Waals surface area (Å²) in [6, 6.07) is 4.24. The van der Waals surface area contributed by atoms with E-state index in [9.17, 15) is 0 Å². The molecule has 0 aliphatic carbocycles. The van der Waals surface area contributed by atoms with Crippen LogP contribution in [0.25, 0.3) is 0 Å². The number of aryl methyl sites for hydroxylation is 3. The molecule has 0 aliphatic heterocycles. The molecule has 0 fully saturated rings. The highest BCUT2D eigenvalue weighted by atomic mass is 14.9. The van der Waals surface area contributed by atoms with Gasteiger partial charge in [0.1, 0.15) is 7.05 Å². The first-order valence-corrected chi connectivity index (χ1v) is 4.13. The molecule has 0 bridgehead atoms. The van der Waals surface area contributed by atoms with Crippen LogP contribution in [0.2, 0.25) is 0 Å². The van der Waals surface area contributed by atoms with Crippen LogP contribution in [0.3, 0.4) is 0 Å². The lowest BCUT2D eigenvalue weighted by molar-refractivity contribution is -0.678. The fourth-order valence-electron chi connectivity index (χ4n) is 0.820. The largest absolute Gasteiger partial charge is 0.205 e. The van der Waals surface area contributed by atoms with Gasteiger partial charge in [-0.1, -0.05) is 13.8 Å². The minimum Gasteiger partial charge on any atom is -0.205 e. The number of pyridine rings is 1. The smallest absolute Gasteiger partial charge is 0.177 e. The normalized spacial score (nSPS) is 8.45. The molecule has 0 spiro atoms. The third kappa shape index (κ3) is 3.17. The van der Waals surface area contributed by atoms with Crippen LogP contribution in [0.15, 0.2) is 18.3 Å². The van der Waals surface area contributed by atoms with Gasteiger partial charge in [-0.25, -0.2) is 4.57 Å². The molecule has 1 aromatic rings. The highest BCUT2D eigenvalue weighted by molar-refractivity contribution is 5.05. The average molecular weight is 152 g/mol. The summed E-state index contributed by atoms with van der Waals surface area (Å²) in [6.45, 7) is 8.19. The van der Waals surface area contributed by atoms with Crippen molar-refractivity contribution in [2.75, 3.05) is 0 Å². The summed E-state index contributed by atoms with van der Waals surface area (Å²) < 4.78 is 2.12. The molecule has 0 aromatic carbocycles. The Morgan fingerprint density at radius 3 is 2.00 bits per heavy atom. The van der Waals surface area contributed by atoms with Crippen molar-refractivity contribution in [2.45, 2.75) is 27.7 Å². The zero-order valence-corrected chi connectivity index (χ0v) is 8.18. The van der Waals surface area contributed by atoms with Crippen LogP contribution in [0, 0.1) is 13.8 Å². The topological polar surface area (TPSA) is 3.88 Å². The van der Waals surface area contributed by atoms with E-state index in [0.717, 1.165) is 0 Å². The summed E-state index contributed by atoms with van der Waals surface area (Å²) in [5.74, 6) is 0. The van der Waals surface area contributed by atoms with Gasteiger partial charge in [-0.15, -0.1) is 0 Å². The van der Waals surface area contributed by atoms with Gasteiger partial charge in [0, 0.05) is 18.6 Å². The highest BCUT2D eigenvalue weighted by Gasteiger charge is 1.96. The standard InChI is InChI=1S/C8H12N.C2H6/c1-7-4-5-8(2)9(3)6-7;1-2/h4-6H,1-3H3;1-2H3/q+1;. The second kappa shape index (κ2) is 4.89. The van der Waals surface area contributed by atoms with Gasteiger partial charge in [-0.3, -0.25) is 0 Å². The van der Waals surface area contributed by atoms with Crippen molar-refractivity contribution in [3.05, 3.63) is 29.6 Å². The summed E-state index contributed by atoms with van der Waals surface area (Å²) in [7, 11) is 2.06. The van der Waals surface area contributed by atoms with E-state index in [0.29, 0.717) is 0 Å². The molecule has 0 N–H and O–H groups in total. The SMILES string of the molecule is CC.Cc1ccc(C)[n+](C)c1. The van der Waals surface area contributed by atoms with Gasteiger partial charge in [0.25, 0.3) is 0 Å². The molecular weight excluding hydrogens is 134 g/mol. The first kappa shape index (κ1) is 10.2. The molecule has 0 atom stereocenters. The number of rotatable bonds is 0. The molecule has 1 rings (SSSR count). The summed E-state index contributed by atoms with van der Waals surface area (Å²) in [6.07, 6.45) is 2.12. The summed E-state index contributed by atoms with van der Waals surface area (Å²) in [4.78, 5) is 0. The molecule has 0 saturated heterocycles. The lowest BCUT2D eigenvalue weighted by Crippen LogP contribution is -2.31. The zero-order chi connectivity index (χ0) is 8.85. The van der Waals surface area contributed by atoms with Crippen molar-refractivity contribution in [1.82, 2.24) is 0 Å². The summed E-state index contributed by atoms with van der Waals surface area (Å²) >= 11 is 0. The second-order valence-electron chi connectivity index (χ2n) is 2.46. The number of nitrogens with zero attached hydrogens (tertiary/aromatic N) is 1. The van der Waals surface area contributed by atoms with Crippen molar-refractivity contribution >= 4 is 0 Å². The zero-order valence-electron chi connectivity index (χ0n) is 8.18. The van der Waals surface area contributed by atoms with Gasteiger partial charge < -0.3 is 0 Å². The third-order valence-electron chi connectivity index (χ3n) is 1.54. The van der Waals surface area contributed by atoms with E-state index < -0.39 is 0 Å². The predicted molar refractivity (Wildman–Crippen MR) is 48.4 cm³/mol. The van der Waals surface area contributed by atoms with Crippen LogP contribution in [0.1, 0.15) is 25.1 Å². The first-order chi connectivity index (χ1) is 5.20. The number of hydrogen-bond acceptors (Lipinski definition) is 0. The number of aromatic nitrogens is 1. The van der Waals surface area contributed by atoms with Gasteiger partial charge >= 0.3 is 0 Å². The van der Waals surface area contributed by atoms with Gasteiger partial charge in [-0.2, -0.15) is 0 Å². The Hall–Kier alpha value is -0.850. The van der Waals surface area contributed by atoms with Gasteiger partial charge in [-0.05, 0) is 13.0 Å². The Labute approximate surface area is 69.7 Å². The van der Waals surface area contributed by atoms with Crippen molar-refractivity contribution in [3.8, 4) is 0 Å². The molecule has 1 nitrogen and oxygen atoms in total. The van der Waals surface area contributed by atoms with E-state index >= 15 is 0 Å². The fourth-order valence-corrected chi connectivity index (χ4v) is 0.820. The second-order valence-corrected chi connectivity index (χ2v) is 2.46. The molecular formula is C10H18N+. The van der Waals surface area contributed by atoms with Gasteiger partial charge in [0.15, 0.2) is 11.9 Å². The molecule has 1 aromatic heterocycles. The Morgan fingerprint density at radius 1 is 1.09 bits per heavy atom.